The van der Waals surface area contributed by atoms with Crippen molar-refractivity contribution in [3.05, 3.63) is 21.9 Å². The highest BCUT2D eigenvalue weighted by atomic mass is 32.1. The second kappa shape index (κ2) is 4.06. The molecule has 1 heterocycles. The predicted molar refractivity (Wildman–Crippen MR) is 53.5 cm³/mol. The van der Waals surface area contributed by atoms with Crippen molar-refractivity contribution < 1.29 is 5.11 Å². The molecule has 0 amide bonds. The Balaban J connectivity index is 2.65. The SMILES string of the molecule is Cc1sccc1C(O)CC(C)C. The minimum atomic E-state index is -0.267. The zero-order valence-electron chi connectivity index (χ0n) is 7.87. The zero-order chi connectivity index (χ0) is 9.14. The van der Waals surface area contributed by atoms with E-state index >= 15 is 0 Å². The highest BCUT2D eigenvalue weighted by Gasteiger charge is 2.12. The van der Waals surface area contributed by atoms with Crippen LogP contribution in [0.15, 0.2) is 11.4 Å². The van der Waals surface area contributed by atoms with Crippen molar-refractivity contribution in [2.45, 2.75) is 33.3 Å². The maximum Gasteiger partial charge on any atom is 0.0803 e. The van der Waals surface area contributed by atoms with Gasteiger partial charge < -0.3 is 5.11 Å². The molecule has 1 nitrogen and oxygen atoms in total. The summed E-state index contributed by atoms with van der Waals surface area (Å²) in [6.45, 7) is 6.32. The largest absolute Gasteiger partial charge is 0.388 e. The van der Waals surface area contributed by atoms with Crippen molar-refractivity contribution in [2.75, 3.05) is 0 Å². The normalized spacial score (nSPS) is 13.8. The summed E-state index contributed by atoms with van der Waals surface area (Å²) in [5.41, 5.74) is 1.11. The van der Waals surface area contributed by atoms with E-state index in [2.05, 4.69) is 20.8 Å². The van der Waals surface area contributed by atoms with Gasteiger partial charge in [0.05, 0.1) is 6.10 Å². The Morgan fingerprint density at radius 3 is 2.58 bits per heavy atom. The van der Waals surface area contributed by atoms with Gasteiger partial charge in [-0.3, -0.25) is 0 Å². The first-order valence-corrected chi connectivity index (χ1v) is 5.21. The lowest BCUT2D eigenvalue weighted by molar-refractivity contribution is 0.151. The van der Waals surface area contributed by atoms with E-state index < -0.39 is 0 Å². The summed E-state index contributed by atoms with van der Waals surface area (Å²) in [5, 5.41) is 11.8. The molecule has 0 radical (unpaired) electrons. The third kappa shape index (κ3) is 2.32. The van der Waals surface area contributed by atoms with E-state index in [1.165, 1.54) is 4.88 Å². The average Bonchev–Trinajstić information content (AvgIpc) is 2.33. The van der Waals surface area contributed by atoms with Gasteiger partial charge >= 0.3 is 0 Å². The van der Waals surface area contributed by atoms with Gasteiger partial charge in [-0.2, -0.15) is 0 Å². The smallest absolute Gasteiger partial charge is 0.0803 e. The fourth-order valence-corrected chi connectivity index (χ4v) is 2.07. The van der Waals surface area contributed by atoms with Gasteiger partial charge in [0, 0.05) is 4.88 Å². The van der Waals surface area contributed by atoms with Gasteiger partial charge in [-0.05, 0) is 36.3 Å². The van der Waals surface area contributed by atoms with Crippen LogP contribution < -0.4 is 0 Å². The number of hydrogen-bond acceptors (Lipinski definition) is 2. The average molecular weight is 184 g/mol. The lowest BCUT2D eigenvalue weighted by Crippen LogP contribution is -2.01. The Morgan fingerprint density at radius 2 is 2.17 bits per heavy atom. The molecule has 0 aromatic carbocycles. The first-order valence-electron chi connectivity index (χ1n) is 4.33. The number of thiophene rings is 1. The van der Waals surface area contributed by atoms with Gasteiger partial charge in [-0.15, -0.1) is 11.3 Å². The molecule has 12 heavy (non-hydrogen) atoms. The molecule has 1 N–H and O–H groups in total. The maximum absolute atomic E-state index is 9.77. The molecule has 2 heteroatoms. The highest BCUT2D eigenvalue weighted by Crippen LogP contribution is 2.26. The molecular weight excluding hydrogens is 168 g/mol. The molecule has 0 aliphatic carbocycles. The topological polar surface area (TPSA) is 20.2 Å². The lowest BCUT2D eigenvalue weighted by Gasteiger charge is -2.12. The molecule has 0 fully saturated rings. The van der Waals surface area contributed by atoms with Crippen LogP contribution in [-0.2, 0) is 0 Å². The number of rotatable bonds is 3. The molecule has 1 unspecified atom stereocenters. The van der Waals surface area contributed by atoms with Gasteiger partial charge in [0.15, 0.2) is 0 Å². The van der Waals surface area contributed by atoms with E-state index in [0.717, 1.165) is 12.0 Å². The Hall–Kier alpha value is -0.340. The van der Waals surface area contributed by atoms with Gasteiger partial charge in [0.25, 0.3) is 0 Å². The van der Waals surface area contributed by atoms with Gasteiger partial charge in [-0.1, -0.05) is 13.8 Å². The lowest BCUT2D eigenvalue weighted by atomic mass is 10.0. The van der Waals surface area contributed by atoms with E-state index in [1.807, 2.05) is 11.4 Å². The molecule has 1 atom stereocenters. The maximum atomic E-state index is 9.77. The Labute approximate surface area is 78.1 Å². The second-order valence-electron chi connectivity index (χ2n) is 3.58. The van der Waals surface area contributed by atoms with Crippen LogP contribution in [-0.4, -0.2) is 5.11 Å². The Morgan fingerprint density at radius 1 is 1.50 bits per heavy atom. The van der Waals surface area contributed by atoms with Gasteiger partial charge in [0.2, 0.25) is 0 Å². The second-order valence-corrected chi connectivity index (χ2v) is 4.70. The standard InChI is InChI=1S/C10H16OS/c1-7(2)6-10(11)9-4-5-12-8(9)3/h4-5,7,10-11H,6H2,1-3H3. The van der Waals surface area contributed by atoms with E-state index in [1.54, 1.807) is 11.3 Å². The van der Waals surface area contributed by atoms with Crippen molar-refractivity contribution in [3.8, 4) is 0 Å². The summed E-state index contributed by atoms with van der Waals surface area (Å²) in [6.07, 6.45) is 0.591. The van der Waals surface area contributed by atoms with E-state index in [4.69, 9.17) is 0 Å². The van der Waals surface area contributed by atoms with Crippen molar-refractivity contribution in [1.82, 2.24) is 0 Å². The quantitative estimate of drug-likeness (QED) is 0.765. The van der Waals surface area contributed by atoms with Crippen LogP contribution in [0, 0.1) is 12.8 Å². The fourth-order valence-electron chi connectivity index (χ4n) is 1.31. The summed E-state index contributed by atoms with van der Waals surface area (Å²) in [6, 6.07) is 2.02. The van der Waals surface area contributed by atoms with Crippen LogP contribution in [0.4, 0.5) is 0 Å². The minimum absolute atomic E-state index is 0.267. The summed E-state index contributed by atoms with van der Waals surface area (Å²) in [4.78, 5) is 1.24. The monoisotopic (exact) mass is 184 g/mol. The van der Waals surface area contributed by atoms with E-state index in [0.29, 0.717) is 5.92 Å². The van der Waals surface area contributed by atoms with Crippen LogP contribution in [0.3, 0.4) is 0 Å². The van der Waals surface area contributed by atoms with Crippen LogP contribution in [0.2, 0.25) is 0 Å². The van der Waals surface area contributed by atoms with Crippen LogP contribution >= 0.6 is 11.3 Å². The number of hydrogen-bond donors (Lipinski definition) is 1. The summed E-state index contributed by atoms with van der Waals surface area (Å²) in [7, 11) is 0. The molecule has 0 bridgehead atoms. The summed E-state index contributed by atoms with van der Waals surface area (Å²) in [5.74, 6) is 0.555. The molecule has 0 saturated heterocycles. The van der Waals surface area contributed by atoms with E-state index in [9.17, 15) is 5.11 Å². The van der Waals surface area contributed by atoms with Crippen molar-refractivity contribution in [2.24, 2.45) is 5.92 Å². The minimum Gasteiger partial charge on any atom is -0.388 e. The van der Waals surface area contributed by atoms with Crippen LogP contribution in [0.25, 0.3) is 0 Å². The van der Waals surface area contributed by atoms with Crippen molar-refractivity contribution in [3.63, 3.8) is 0 Å². The zero-order valence-corrected chi connectivity index (χ0v) is 8.69. The van der Waals surface area contributed by atoms with Crippen LogP contribution in [0.5, 0.6) is 0 Å². The molecule has 0 spiro atoms. The predicted octanol–water partition coefficient (Wildman–Crippen LogP) is 3.14. The Kier molecular flexibility index (Phi) is 3.29. The molecular formula is C10H16OS. The van der Waals surface area contributed by atoms with E-state index in [-0.39, 0.29) is 6.10 Å². The summed E-state index contributed by atoms with van der Waals surface area (Å²) >= 11 is 1.70. The molecule has 0 aliphatic rings. The first-order chi connectivity index (χ1) is 5.61. The molecule has 1 rings (SSSR count). The third-order valence-electron chi connectivity index (χ3n) is 1.95. The summed E-state index contributed by atoms with van der Waals surface area (Å²) < 4.78 is 0. The fraction of sp³-hybridized carbons (Fsp3) is 0.600. The molecule has 0 saturated carbocycles. The van der Waals surface area contributed by atoms with Gasteiger partial charge in [-0.25, -0.2) is 0 Å². The molecule has 1 aromatic heterocycles. The highest BCUT2D eigenvalue weighted by molar-refractivity contribution is 7.10. The first kappa shape index (κ1) is 9.75. The number of aliphatic hydroxyl groups excluding tert-OH is 1. The van der Waals surface area contributed by atoms with Gasteiger partial charge in [0.1, 0.15) is 0 Å². The molecule has 1 aromatic rings. The van der Waals surface area contributed by atoms with Crippen molar-refractivity contribution in [1.29, 1.82) is 0 Å². The molecule has 68 valence electrons. The third-order valence-corrected chi connectivity index (χ3v) is 2.81. The number of aryl methyl sites for hydroxylation is 1. The molecule has 0 aliphatic heterocycles. The Bertz CT molecular complexity index is 240. The number of aliphatic hydroxyl groups is 1. The van der Waals surface area contributed by atoms with Crippen LogP contribution in [0.1, 0.15) is 36.8 Å². The van der Waals surface area contributed by atoms with Crippen molar-refractivity contribution >= 4 is 11.3 Å².